The third-order valence-electron chi connectivity index (χ3n) is 4.73. The average Bonchev–Trinajstić information content (AvgIpc) is 2.83. The minimum atomic E-state index is 0.462. The fourth-order valence-corrected chi connectivity index (χ4v) is 4.15. The number of hydrogen-bond donors (Lipinski definition) is 2. The van der Waals surface area contributed by atoms with Gasteiger partial charge in [0.1, 0.15) is 5.01 Å². The normalized spacial score (nSPS) is 27.3. The maximum absolute atomic E-state index is 4.44. The predicted molar refractivity (Wildman–Crippen MR) is 75.8 cm³/mol. The number of aromatic nitrogens is 1. The highest BCUT2D eigenvalue weighted by Crippen LogP contribution is 2.58. The number of nitrogens with one attached hydrogen (secondary N) is 2. The Morgan fingerprint density at radius 2 is 2.39 bits per heavy atom. The van der Waals surface area contributed by atoms with E-state index in [0.717, 1.165) is 12.3 Å². The van der Waals surface area contributed by atoms with Gasteiger partial charge in [-0.05, 0) is 56.7 Å². The van der Waals surface area contributed by atoms with Gasteiger partial charge in [-0.2, -0.15) is 0 Å². The first-order valence-corrected chi connectivity index (χ1v) is 8.05. The van der Waals surface area contributed by atoms with Gasteiger partial charge < -0.3 is 10.6 Å². The van der Waals surface area contributed by atoms with E-state index in [1.807, 2.05) is 6.20 Å². The molecule has 1 aliphatic heterocycles. The zero-order valence-corrected chi connectivity index (χ0v) is 11.9. The Labute approximate surface area is 113 Å². The highest BCUT2D eigenvalue weighted by atomic mass is 32.1. The third-order valence-corrected chi connectivity index (χ3v) is 5.62. The monoisotopic (exact) mass is 265 g/mol. The Balaban J connectivity index is 1.50. The van der Waals surface area contributed by atoms with Gasteiger partial charge in [0.25, 0.3) is 0 Å². The molecule has 1 spiro atoms. The minimum Gasteiger partial charge on any atom is -0.317 e. The molecule has 2 aliphatic rings. The summed E-state index contributed by atoms with van der Waals surface area (Å²) in [4.78, 5) is 4.44. The van der Waals surface area contributed by atoms with E-state index in [2.05, 4.69) is 27.9 Å². The maximum atomic E-state index is 4.44. The summed E-state index contributed by atoms with van der Waals surface area (Å²) in [5.41, 5.74) is 0.694. The van der Waals surface area contributed by atoms with Crippen LogP contribution in [-0.2, 0) is 0 Å². The van der Waals surface area contributed by atoms with Crippen LogP contribution < -0.4 is 10.6 Å². The number of rotatable bonds is 5. The largest absolute Gasteiger partial charge is 0.317 e. The van der Waals surface area contributed by atoms with Crippen molar-refractivity contribution < 1.29 is 0 Å². The molecule has 1 aromatic heterocycles. The molecule has 2 fully saturated rings. The molecule has 2 heterocycles. The molecule has 18 heavy (non-hydrogen) atoms. The Morgan fingerprint density at radius 3 is 3.06 bits per heavy atom. The van der Waals surface area contributed by atoms with Crippen LogP contribution in [0, 0.1) is 11.3 Å². The van der Waals surface area contributed by atoms with Crippen LogP contribution >= 0.6 is 11.3 Å². The first-order valence-electron chi connectivity index (χ1n) is 7.17. The number of thiazole rings is 1. The van der Waals surface area contributed by atoms with Crippen LogP contribution in [0.1, 0.15) is 43.7 Å². The zero-order valence-electron chi connectivity index (χ0n) is 11.1. The lowest BCUT2D eigenvalue weighted by Crippen LogP contribution is -2.32. The van der Waals surface area contributed by atoms with Crippen molar-refractivity contribution in [3.63, 3.8) is 0 Å². The lowest BCUT2D eigenvalue weighted by molar-refractivity contribution is 0.314. The summed E-state index contributed by atoms with van der Waals surface area (Å²) in [5.74, 6) is 0.911. The molecule has 100 valence electrons. The number of hydrogen-bond acceptors (Lipinski definition) is 4. The van der Waals surface area contributed by atoms with Gasteiger partial charge in [0, 0.05) is 11.6 Å². The van der Waals surface area contributed by atoms with Crippen LogP contribution in [0.2, 0.25) is 0 Å². The molecule has 3 nitrogen and oxygen atoms in total. The Bertz CT molecular complexity index is 370. The molecule has 0 aromatic carbocycles. The summed E-state index contributed by atoms with van der Waals surface area (Å²) >= 11 is 1.77. The molecule has 1 aromatic rings. The lowest BCUT2D eigenvalue weighted by Gasteiger charge is -2.24. The van der Waals surface area contributed by atoms with Gasteiger partial charge >= 0.3 is 0 Å². The molecule has 2 unspecified atom stereocenters. The SMILES string of the molecule is CCC(NCC1CC12CCNCC2)c1nccs1. The molecular weight excluding hydrogens is 242 g/mol. The quantitative estimate of drug-likeness (QED) is 0.859. The topological polar surface area (TPSA) is 37.0 Å². The van der Waals surface area contributed by atoms with Crippen LogP contribution in [-0.4, -0.2) is 24.6 Å². The standard InChI is InChI=1S/C14H23N3S/c1-2-12(13-16-7-8-18-13)17-10-11-9-14(11)3-5-15-6-4-14/h7-8,11-12,15,17H,2-6,9-10H2,1H3. The zero-order chi connectivity index (χ0) is 12.4. The number of nitrogens with zero attached hydrogens (tertiary/aromatic N) is 1. The fourth-order valence-electron chi connectivity index (χ4n) is 3.35. The van der Waals surface area contributed by atoms with Crippen LogP contribution in [0.5, 0.6) is 0 Å². The highest BCUT2D eigenvalue weighted by Gasteiger charge is 2.53. The molecule has 0 bridgehead atoms. The second kappa shape index (κ2) is 5.27. The van der Waals surface area contributed by atoms with Crippen molar-refractivity contribution in [3.05, 3.63) is 16.6 Å². The van der Waals surface area contributed by atoms with Crippen molar-refractivity contribution in [3.8, 4) is 0 Å². The summed E-state index contributed by atoms with van der Waals surface area (Å²) < 4.78 is 0. The molecular formula is C14H23N3S. The molecule has 1 saturated heterocycles. The van der Waals surface area contributed by atoms with Gasteiger partial charge in [-0.15, -0.1) is 11.3 Å². The van der Waals surface area contributed by atoms with Gasteiger partial charge in [0.2, 0.25) is 0 Å². The Hall–Kier alpha value is -0.450. The summed E-state index contributed by atoms with van der Waals surface area (Å²) in [7, 11) is 0. The maximum Gasteiger partial charge on any atom is 0.109 e. The molecule has 0 amide bonds. The minimum absolute atomic E-state index is 0.462. The summed E-state index contributed by atoms with van der Waals surface area (Å²) in [6.07, 6.45) is 7.25. The van der Waals surface area contributed by atoms with Crippen LogP contribution in [0.15, 0.2) is 11.6 Å². The van der Waals surface area contributed by atoms with Crippen molar-refractivity contribution in [1.82, 2.24) is 15.6 Å². The highest BCUT2D eigenvalue weighted by molar-refractivity contribution is 7.09. The molecule has 1 aliphatic carbocycles. The summed E-state index contributed by atoms with van der Waals surface area (Å²) in [6, 6.07) is 0.462. The van der Waals surface area contributed by atoms with Crippen molar-refractivity contribution >= 4 is 11.3 Å². The second-order valence-electron chi connectivity index (χ2n) is 5.75. The van der Waals surface area contributed by atoms with E-state index in [1.54, 1.807) is 11.3 Å². The smallest absolute Gasteiger partial charge is 0.109 e. The van der Waals surface area contributed by atoms with E-state index in [1.165, 1.54) is 43.9 Å². The van der Waals surface area contributed by atoms with E-state index >= 15 is 0 Å². The molecule has 2 N–H and O–H groups in total. The van der Waals surface area contributed by atoms with Crippen molar-refractivity contribution in [2.24, 2.45) is 11.3 Å². The first-order chi connectivity index (χ1) is 8.84. The number of piperidine rings is 1. The molecule has 3 rings (SSSR count). The Kier molecular flexibility index (Phi) is 3.68. The summed E-state index contributed by atoms with van der Waals surface area (Å²) in [5, 5.41) is 10.5. The van der Waals surface area contributed by atoms with Gasteiger partial charge in [0.05, 0.1) is 6.04 Å². The molecule has 1 saturated carbocycles. The van der Waals surface area contributed by atoms with Gasteiger partial charge in [0.15, 0.2) is 0 Å². The van der Waals surface area contributed by atoms with Crippen LogP contribution in [0.25, 0.3) is 0 Å². The lowest BCUT2D eigenvalue weighted by atomic mass is 9.92. The van der Waals surface area contributed by atoms with E-state index in [0.29, 0.717) is 11.5 Å². The van der Waals surface area contributed by atoms with Crippen LogP contribution in [0.4, 0.5) is 0 Å². The molecule has 2 atom stereocenters. The van der Waals surface area contributed by atoms with Gasteiger partial charge in [-0.25, -0.2) is 4.98 Å². The van der Waals surface area contributed by atoms with E-state index in [4.69, 9.17) is 0 Å². The molecule has 4 heteroatoms. The average molecular weight is 265 g/mol. The van der Waals surface area contributed by atoms with Crippen molar-refractivity contribution in [2.75, 3.05) is 19.6 Å². The molecule has 0 radical (unpaired) electrons. The van der Waals surface area contributed by atoms with Gasteiger partial charge in [-0.3, -0.25) is 0 Å². The van der Waals surface area contributed by atoms with Crippen molar-refractivity contribution in [1.29, 1.82) is 0 Å². The Morgan fingerprint density at radius 1 is 1.56 bits per heavy atom. The second-order valence-corrected chi connectivity index (χ2v) is 6.68. The fraction of sp³-hybridized carbons (Fsp3) is 0.786. The first kappa shape index (κ1) is 12.6. The van der Waals surface area contributed by atoms with E-state index in [-0.39, 0.29) is 0 Å². The predicted octanol–water partition coefficient (Wildman–Crippen LogP) is 2.57. The van der Waals surface area contributed by atoms with E-state index in [9.17, 15) is 0 Å². The van der Waals surface area contributed by atoms with Crippen LogP contribution in [0.3, 0.4) is 0 Å². The van der Waals surface area contributed by atoms with E-state index < -0.39 is 0 Å². The third kappa shape index (κ3) is 2.46. The van der Waals surface area contributed by atoms with Crippen molar-refractivity contribution in [2.45, 2.75) is 38.6 Å². The summed E-state index contributed by atoms with van der Waals surface area (Å²) in [6.45, 7) is 5.87. The van der Waals surface area contributed by atoms with Gasteiger partial charge in [-0.1, -0.05) is 6.92 Å².